The summed E-state index contributed by atoms with van der Waals surface area (Å²) in [7, 11) is 0. The van der Waals surface area contributed by atoms with Crippen molar-refractivity contribution in [3.63, 3.8) is 0 Å². The van der Waals surface area contributed by atoms with Crippen LogP contribution in [0, 0.1) is 0 Å². The molecular weight excluding hydrogens is 174 g/mol. The van der Waals surface area contributed by atoms with E-state index < -0.39 is 0 Å². The molecule has 0 amide bonds. The van der Waals surface area contributed by atoms with Gasteiger partial charge in [-0.2, -0.15) is 0 Å². The highest BCUT2D eigenvalue weighted by atomic mass is 16.5. The first kappa shape index (κ1) is 11.1. The van der Waals surface area contributed by atoms with Crippen LogP contribution in [0.25, 0.3) is 0 Å². The van der Waals surface area contributed by atoms with Gasteiger partial charge in [0.05, 0.1) is 6.61 Å². The zero-order valence-electron chi connectivity index (χ0n) is 8.83. The van der Waals surface area contributed by atoms with Gasteiger partial charge in [-0.25, -0.2) is 0 Å². The van der Waals surface area contributed by atoms with Crippen molar-refractivity contribution in [1.29, 1.82) is 0 Å². The second kappa shape index (κ2) is 6.44. The van der Waals surface area contributed by atoms with E-state index in [1.54, 1.807) is 0 Å². The lowest BCUT2D eigenvalue weighted by Gasteiger charge is -2.03. The van der Waals surface area contributed by atoms with Crippen LogP contribution in [0.15, 0.2) is 24.3 Å². The highest BCUT2D eigenvalue weighted by Gasteiger charge is 1.92. The quantitative estimate of drug-likeness (QED) is 0.557. The van der Waals surface area contributed by atoms with Crippen LogP contribution in [0.2, 0.25) is 0 Å². The maximum Gasteiger partial charge on any atom is 0.0716 e. The Kier molecular flexibility index (Phi) is 5.08. The Labute approximate surface area is 86.1 Å². The third kappa shape index (κ3) is 4.28. The summed E-state index contributed by atoms with van der Waals surface area (Å²) in [5.74, 6) is 0. The molecule has 1 aromatic rings. The maximum absolute atomic E-state index is 5.58. The van der Waals surface area contributed by atoms with Crippen LogP contribution >= 0.6 is 0 Å². The van der Waals surface area contributed by atoms with Crippen molar-refractivity contribution in [1.82, 2.24) is 0 Å². The van der Waals surface area contributed by atoms with Crippen molar-refractivity contribution in [2.24, 2.45) is 0 Å². The number of ether oxygens (including phenoxy) is 1. The number of hydrogen-bond donors (Lipinski definition) is 1. The van der Waals surface area contributed by atoms with Gasteiger partial charge in [-0.05, 0) is 24.1 Å². The summed E-state index contributed by atoms with van der Waals surface area (Å²) in [5.41, 5.74) is 7.58. The molecule has 0 spiro atoms. The van der Waals surface area contributed by atoms with Crippen LogP contribution in [0.5, 0.6) is 0 Å². The van der Waals surface area contributed by atoms with Crippen LogP contribution in [0.4, 0.5) is 5.69 Å². The predicted molar refractivity (Wildman–Crippen MR) is 60.0 cm³/mol. The summed E-state index contributed by atoms with van der Waals surface area (Å²) in [6.45, 7) is 3.75. The first-order valence-corrected chi connectivity index (χ1v) is 5.25. The number of nitrogens with two attached hydrogens (primary N) is 1. The van der Waals surface area contributed by atoms with Gasteiger partial charge < -0.3 is 10.5 Å². The summed E-state index contributed by atoms with van der Waals surface area (Å²) >= 11 is 0. The van der Waals surface area contributed by atoms with Crippen LogP contribution in [0.1, 0.15) is 31.7 Å². The van der Waals surface area contributed by atoms with Crippen molar-refractivity contribution < 1.29 is 4.74 Å². The van der Waals surface area contributed by atoms with Crippen LogP contribution in [-0.4, -0.2) is 6.61 Å². The molecule has 14 heavy (non-hydrogen) atoms. The zero-order valence-corrected chi connectivity index (χ0v) is 8.83. The summed E-state index contributed by atoms with van der Waals surface area (Å²) < 4.78 is 5.52. The van der Waals surface area contributed by atoms with E-state index in [1.165, 1.54) is 18.4 Å². The molecule has 0 heterocycles. The largest absolute Gasteiger partial charge is 0.399 e. The van der Waals surface area contributed by atoms with Gasteiger partial charge in [0.15, 0.2) is 0 Å². The first-order valence-electron chi connectivity index (χ1n) is 5.25. The summed E-state index contributed by atoms with van der Waals surface area (Å²) in [6, 6.07) is 7.83. The minimum atomic E-state index is 0.698. The smallest absolute Gasteiger partial charge is 0.0716 e. The number of rotatable bonds is 6. The molecule has 0 fully saturated rings. The molecule has 2 nitrogen and oxygen atoms in total. The number of benzene rings is 1. The van der Waals surface area contributed by atoms with E-state index in [1.807, 2.05) is 24.3 Å². The molecule has 2 N–H and O–H groups in total. The number of hydrogen-bond acceptors (Lipinski definition) is 2. The van der Waals surface area contributed by atoms with Gasteiger partial charge in [0.1, 0.15) is 0 Å². The summed E-state index contributed by atoms with van der Waals surface area (Å²) in [5, 5.41) is 0. The van der Waals surface area contributed by atoms with Crippen molar-refractivity contribution in [2.75, 3.05) is 12.3 Å². The molecule has 0 saturated heterocycles. The van der Waals surface area contributed by atoms with E-state index in [9.17, 15) is 0 Å². The zero-order chi connectivity index (χ0) is 10.2. The Balaban J connectivity index is 2.15. The molecule has 0 aliphatic rings. The molecule has 1 aromatic carbocycles. The van der Waals surface area contributed by atoms with E-state index in [4.69, 9.17) is 10.5 Å². The number of anilines is 1. The molecule has 0 atom stereocenters. The number of unbranched alkanes of at least 4 members (excludes halogenated alkanes) is 2. The molecule has 2 heteroatoms. The average molecular weight is 193 g/mol. The SMILES string of the molecule is CCCCCOCc1ccc(N)cc1. The lowest BCUT2D eigenvalue weighted by molar-refractivity contribution is 0.117. The van der Waals surface area contributed by atoms with Crippen LogP contribution in [-0.2, 0) is 11.3 Å². The van der Waals surface area contributed by atoms with Crippen molar-refractivity contribution in [2.45, 2.75) is 32.8 Å². The minimum absolute atomic E-state index is 0.698. The third-order valence-electron chi connectivity index (χ3n) is 2.14. The Bertz CT molecular complexity index is 243. The lowest BCUT2D eigenvalue weighted by Crippen LogP contribution is -1.95. The predicted octanol–water partition coefficient (Wildman–Crippen LogP) is 2.98. The fourth-order valence-electron chi connectivity index (χ4n) is 1.26. The van der Waals surface area contributed by atoms with Crippen molar-refractivity contribution in [3.8, 4) is 0 Å². The van der Waals surface area contributed by atoms with Crippen LogP contribution < -0.4 is 5.73 Å². The molecule has 0 aliphatic heterocycles. The van der Waals surface area contributed by atoms with Gasteiger partial charge in [0, 0.05) is 12.3 Å². The van der Waals surface area contributed by atoms with Gasteiger partial charge in [-0.1, -0.05) is 31.9 Å². The minimum Gasteiger partial charge on any atom is -0.399 e. The standard InChI is InChI=1S/C12H19NO/c1-2-3-4-9-14-10-11-5-7-12(13)8-6-11/h5-8H,2-4,9-10,13H2,1H3. The second-order valence-electron chi connectivity index (χ2n) is 3.50. The van der Waals surface area contributed by atoms with Gasteiger partial charge >= 0.3 is 0 Å². The maximum atomic E-state index is 5.58. The van der Waals surface area contributed by atoms with Crippen molar-refractivity contribution in [3.05, 3.63) is 29.8 Å². The average Bonchev–Trinajstić information content (AvgIpc) is 2.21. The Morgan fingerprint density at radius 2 is 1.86 bits per heavy atom. The van der Waals surface area contributed by atoms with Gasteiger partial charge in [0.25, 0.3) is 0 Å². The molecule has 0 saturated carbocycles. The highest BCUT2D eigenvalue weighted by molar-refractivity contribution is 5.39. The fraction of sp³-hybridized carbons (Fsp3) is 0.500. The van der Waals surface area contributed by atoms with E-state index in [2.05, 4.69) is 6.92 Å². The topological polar surface area (TPSA) is 35.2 Å². The second-order valence-corrected chi connectivity index (χ2v) is 3.50. The number of nitrogen functional groups attached to an aromatic ring is 1. The van der Waals surface area contributed by atoms with Crippen molar-refractivity contribution >= 4 is 5.69 Å². The molecule has 0 aliphatic carbocycles. The van der Waals surface area contributed by atoms with Gasteiger partial charge in [0.2, 0.25) is 0 Å². The Morgan fingerprint density at radius 1 is 1.14 bits per heavy atom. The molecule has 78 valence electrons. The van der Waals surface area contributed by atoms with E-state index in [0.29, 0.717) is 6.61 Å². The normalized spacial score (nSPS) is 10.4. The van der Waals surface area contributed by atoms with E-state index in [-0.39, 0.29) is 0 Å². The van der Waals surface area contributed by atoms with E-state index in [0.717, 1.165) is 18.7 Å². The molecule has 0 aromatic heterocycles. The molecule has 0 bridgehead atoms. The fourth-order valence-corrected chi connectivity index (χ4v) is 1.26. The van der Waals surface area contributed by atoms with E-state index >= 15 is 0 Å². The van der Waals surface area contributed by atoms with Gasteiger partial charge in [-0.15, -0.1) is 0 Å². The highest BCUT2D eigenvalue weighted by Crippen LogP contribution is 2.07. The molecule has 1 rings (SSSR count). The lowest BCUT2D eigenvalue weighted by atomic mass is 10.2. The van der Waals surface area contributed by atoms with Gasteiger partial charge in [-0.3, -0.25) is 0 Å². The molecule has 0 unspecified atom stereocenters. The Hall–Kier alpha value is -1.02. The molecular formula is C12H19NO. The van der Waals surface area contributed by atoms with Crippen LogP contribution in [0.3, 0.4) is 0 Å². The Morgan fingerprint density at radius 3 is 2.50 bits per heavy atom. The summed E-state index contributed by atoms with van der Waals surface area (Å²) in [6.07, 6.45) is 3.65. The third-order valence-corrected chi connectivity index (χ3v) is 2.14. The first-order chi connectivity index (χ1) is 6.83. The summed E-state index contributed by atoms with van der Waals surface area (Å²) in [4.78, 5) is 0. The molecule has 0 radical (unpaired) electrons. The monoisotopic (exact) mass is 193 g/mol.